The Morgan fingerprint density at radius 1 is 0.889 bits per heavy atom. The summed E-state index contributed by atoms with van der Waals surface area (Å²) in [6.45, 7) is 0.528. The van der Waals surface area contributed by atoms with E-state index in [0.717, 1.165) is 15.7 Å². The normalized spacial score (nSPS) is 10.4. The number of hydrogen-bond acceptors (Lipinski definition) is 1. The van der Waals surface area contributed by atoms with Gasteiger partial charge in [0.2, 0.25) is 0 Å². The van der Waals surface area contributed by atoms with Crippen LogP contribution in [0, 0.1) is 0 Å². The molecule has 0 saturated heterocycles. The van der Waals surface area contributed by atoms with E-state index in [2.05, 4.69) is 21.2 Å². The van der Waals surface area contributed by atoms with E-state index in [4.69, 9.17) is 34.8 Å². The second-order valence-electron chi connectivity index (χ2n) is 3.68. The van der Waals surface area contributed by atoms with Gasteiger partial charge in [-0.15, -0.1) is 0 Å². The molecule has 2 aromatic carbocycles. The molecule has 0 fully saturated rings. The monoisotopic (exact) mass is 363 g/mol. The molecule has 0 aromatic heterocycles. The van der Waals surface area contributed by atoms with Crippen LogP contribution in [0.4, 0.5) is 5.69 Å². The Labute approximate surface area is 129 Å². The number of halogens is 4. The van der Waals surface area contributed by atoms with Gasteiger partial charge < -0.3 is 5.32 Å². The zero-order valence-electron chi connectivity index (χ0n) is 9.18. The molecule has 18 heavy (non-hydrogen) atoms. The fraction of sp³-hybridized carbons (Fsp3) is 0.0769. The quantitative estimate of drug-likeness (QED) is 0.656. The van der Waals surface area contributed by atoms with Crippen LogP contribution in [0.1, 0.15) is 5.56 Å². The highest BCUT2D eigenvalue weighted by atomic mass is 79.9. The van der Waals surface area contributed by atoms with E-state index in [1.165, 1.54) is 0 Å². The largest absolute Gasteiger partial charge is 0.381 e. The molecule has 0 aliphatic rings. The van der Waals surface area contributed by atoms with Crippen LogP contribution in [0.15, 0.2) is 40.9 Å². The Morgan fingerprint density at radius 2 is 1.50 bits per heavy atom. The van der Waals surface area contributed by atoms with Crippen molar-refractivity contribution in [1.29, 1.82) is 0 Å². The lowest BCUT2D eigenvalue weighted by Gasteiger charge is -2.11. The van der Waals surface area contributed by atoms with Crippen LogP contribution in [0.3, 0.4) is 0 Å². The number of rotatable bonds is 3. The van der Waals surface area contributed by atoms with Crippen molar-refractivity contribution in [2.45, 2.75) is 6.54 Å². The highest BCUT2D eigenvalue weighted by Crippen LogP contribution is 2.31. The summed E-state index contributed by atoms with van der Waals surface area (Å²) >= 11 is 21.6. The summed E-state index contributed by atoms with van der Waals surface area (Å²) in [5, 5.41) is 4.86. The minimum atomic E-state index is 0.494. The number of anilines is 1. The van der Waals surface area contributed by atoms with Crippen LogP contribution in [-0.4, -0.2) is 0 Å². The van der Waals surface area contributed by atoms with Crippen LogP contribution >= 0.6 is 50.7 Å². The van der Waals surface area contributed by atoms with Crippen molar-refractivity contribution in [2.24, 2.45) is 0 Å². The molecule has 0 unspecified atom stereocenters. The standard InChI is InChI=1S/C13H9BrCl3N/c14-8-1-3-9(4-2-8)18-7-10-11(15)5-6-12(16)13(10)17/h1-6,18H,7H2. The van der Waals surface area contributed by atoms with Gasteiger partial charge in [-0.3, -0.25) is 0 Å². The molecule has 5 heteroatoms. The van der Waals surface area contributed by atoms with Crippen LogP contribution in [0.5, 0.6) is 0 Å². The molecular weight excluding hydrogens is 356 g/mol. The smallest absolute Gasteiger partial charge is 0.0657 e. The third-order valence-corrected chi connectivity index (χ3v) is 4.18. The van der Waals surface area contributed by atoms with Gasteiger partial charge in [-0.1, -0.05) is 50.7 Å². The summed E-state index contributed by atoms with van der Waals surface area (Å²) in [4.78, 5) is 0. The summed E-state index contributed by atoms with van der Waals surface area (Å²) < 4.78 is 1.03. The Morgan fingerprint density at radius 3 is 2.17 bits per heavy atom. The molecule has 2 aromatic rings. The van der Waals surface area contributed by atoms with E-state index in [-0.39, 0.29) is 0 Å². The molecule has 0 radical (unpaired) electrons. The first-order chi connectivity index (χ1) is 8.58. The minimum absolute atomic E-state index is 0.494. The van der Waals surface area contributed by atoms with E-state index in [1.54, 1.807) is 12.1 Å². The number of benzene rings is 2. The molecule has 0 amide bonds. The van der Waals surface area contributed by atoms with Crippen molar-refractivity contribution in [1.82, 2.24) is 0 Å². The first-order valence-electron chi connectivity index (χ1n) is 5.20. The van der Waals surface area contributed by atoms with E-state index in [1.807, 2.05) is 24.3 Å². The average Bonchev–Trinajstić information content (AvgIpc) is 2.36. The van der Waals surface area contributed by atoms with Gasteiger partial charge in [-0.05, 0) is 36.4 Å². The van der Waals surface area contributed by atoms with Gasteiger partial charge >= 0.3 is 0 Å². The summed E-state index contributed by atoms with van der Waals surface area (Å²) in [6.07, 6.45) is 0. The predicted molar refractivity (Wildman–Crippen MR) is 82.9 cm³/mol. The van der Waals surface area contributed by atoms with Gasteiger partial charge in [0.25, 0.3) is 0 Å². The van der Waals surface area contributed by atoms with E-state index < -0.39 is 0 Å². The first-order valence-corrected chi connectivity index (χ1v) is 7.12. The minimum Gasteiger partial charge on any atom is -0.381 e. The molecule has 0 atom stereocenters. The van der Waals surface area contributed by atoms with E-state index >= 15 is 0 Å². The zero-order valence-corrected chi connectivity index (χ0v) is 13.0. The molecule has 2 rings (SSSR count). The molecule has 0 spiro atoms. The van der Waals surface area contributed by atoms with Crippen molar-refractivity contribution >= 4 is 56.4 Å². The summed E-state index contributed by atoms with van der Waals surface area (Å²) in [6, 6.07) is 11.3. The lowest BCUT2D eigenvalue weighted by atomic mass is 10.2. The van der Waals surface area contributed by atoms with Crippen LogP contribution in [0.25, 0.3) is 0 Å². The molecule has 0 bridgehead atoms. The molecule has 0 aliphatic heterocycles. The summed E-state index contributed by atoms with van der Waals surface area (Å²) in [5.74, 6) is 0. The Bertz CT molecular complexity index is 555. The molecule has 94 valence electrons. The fourth-order valence-electron chi connectivity index (χ4n) is 1.49. The number of nitrogens with one attached hydrogen (secondary N) is 1. The number of hydrogen-bond donors (Lipinski definition) is 1. The first kappa shape index (κ1) is 14.0. The zero-order chi connectivity index (χ0) is 13.1. The molecule has 1 nitrogen and oxygen atoms in total. The SMILES string of the molecule is Clc1ccc(Cl)c(CNc2ccc(Br)cc2)c1Cl. The lowest BCUT2D eigenvalue weighted by Crippen LogP contribution is -2.01. The lowest BCUT2D eigenvalue weighted by molar-refractivity contribution is 1.15. The maximum absolute atomic E-state index is 6.13. The van der Waals surface area contributed by atoms with Gasteiger partial charge in [0.05, 0.1) is 10.0 Å². The molecule has 1 N–H and O–H groups in total. The van der Waals surface area contributed by atoms with E-state index in [0.29, 0.717) is 21.6 Å². The van der Waals surface area contributed by atoms with Crippen molar-refractivity contribution < 1.29 is 0 Å². The molecule has 0 aliphatic carbocycles. The van der Waals surface area contributed by atoms with Crippen LogP contribution < -0.4 is 5.32 Å². The topological polar surface area (TPSA) is 12.0 Å². The van der Waals surface area contributed by atoms with Gasteiger partial charge in [-0.25, -0.2) is 0 Å². The Balaban J connectivity index is 2.15. The van der Waals surface area contributed by atoms with Crippen molar-refractivity contribution in [3.8, 4) is 0 Å². The summed E-state index contributed by atoms with van der Waals surface area (Å²) in [5.41, 5.74) is 1.79. The van der Waals surface area contributed by atoms with Gasteiger partial charge in [0, 0.05) is 27.3 Å². The van der Waals surface area contributed by atoms with Gasteiger partial charge in [-0.2, -0.15) is 0 Å². The molecular formula is C13H9BrCl3N. The van der Waals surface area contributed by atoms with Crippen LogP contribution in [0.2, 0.25) is 15.1 Å². The summed E-state index contributed by atoms with van der Waals surface area (Å²) in [7, 11) is 0. The van der Waals surface area contributed by atoms with Crippen molar-refractivity contribution in [2.75, 3.05) is 5.32 Å². The van der Waals surface area contributed by atoms with E-state index in [9.17, 15) is 0 Å². The average molecular weight is 365 g/mol. The Hall–Kier alpha value is -0.410. The van der Waals surface area contributed by atoms with Crippen LogP contribution in [-0.2, 0) is 6.54 Å². The second-order valence-corrected chi connectivity index (χ2v) is 5.79. The Kier molecular flexibility index (Phi) is 4.79. The maximum Gasteiger partial charge on any atom is 0.0657 e. The second kappa shape index (κ2) is 6.16. The highest BCUT2D eigenvalue weighted by molar-refractivity contribution is 9.10. The third kappa shape index (κ3) is 3.33. The van der Waals surface area contributed by atoms with Crippen molar-refractivity contribution in [3.05, 3.63) is 61.5 Å². The van der Waals surface area contributed by atoms with Gasteiger partial charge in [0.1, 0.15) is 0 Å². The predicted octanol–water partition coefficient (Wildman–Crippen LogP) is 6.02. The highest BCUT2D eigenvalue weighted by Gasteiger charge is 2.09. The molecule has 0 heterocycles. The van der Waals surface area contributed by atoms with Gasteiger partial charge in [0.15, 0.2) is 0 Å². The molecule has 0 saturated carbocycles. The third-order valence-electron chi connectivity index (χ3n) is 2.45. The maximum atomic E-state index is 6.13. The fourth-order valence-corrected chi connectivity index (χ4v) is 2.43. The van der Waals surface area contributed by atoms with Crippen molar-refractivity contribution in [3.63, 3.8) is 0 Å².